The van der Waals surface area contributed by atoms with Gasteiger partial charge in [0, 0.05) is 38.6 Å². The van der Waals surface area contributed by atoms with Crippen LogP contribution in [0.15, 0.2) is 0 Å². The van der Waals surface area contributed by atoms with E-state index in [1.165, 1.54) is 6.42 Å². The molecule has 2 heterocycles. The third-order valence-electron chi connectivity index (χ3n) is 4.77. The fourth-order valence-corrected chi connectivity index (χ4v) is 3.49. The normalized spacial score (nSPS) is 23.8. The molecule has 0 aromatic heterocycles. The zero-order valence-corrected chi connectivity index (χ0v) is 16.4. The lowest BCUT2D eigenvalue weighted by Gasteiger charge is -2.27. The molecular weight excluding hydrogens is 351 g/mol. The van der Waals surface area contributed by atoms with Crippen molar-refractivity contribution < 1.29 is 9.59 Å². The Morgan fingerprint density at radius 2 is 2.00 bits per heavy atom. The number of likely N-dealkylation sites (N-methyl/N-ethyl adjacent to an activating group) is 2. The molecule has 2 unspecified atom stereocenters. The monoisotopic (exact) mass is 382 g/mol. The molecule has 2 aliphatic rings. The Hall–Kier alpha value is -0.560. The molecular formula is C16H32Cl2N4O2. The van der Waals surface area contributed by atoms with Gasteiger partial charge in [-0.3, -0.25) is 14.5 Å². The van der Waals surface area contributed by atoms with Crippen LogP contribution in [0.5, 0.6) is 0 Å². The second kappa shape index (κ2) is 11.9. The van der Waals surface area contributed by atoms with Crippen LogP contribution in [0.4, 0.5) is 0 Å². The number of rotatable bonds is 8. The van der Waals surface area contributed by atoms with Gasteiger partial charge < -0.3 is 15.5 Å². The minimum Gasteiger partial charge on any atom is -0.355 e. The Labute approximate surface area is 157 Å². The summed E-state index contributed by atoms with van der Waals surface area (Å²) in [6.07, 6.45) is 2.75. The van der Waals surface area contributed by atoms with Crippen LogP contribution >= 0.6 is 24.8 Å². The van der Waals surface area contributed by atoms with E-state index in [-0.39, 0.29) is 42.5 Å². The molecule has 0 radical (unpaired) electrons. The maximum atomic E-state index is 12.2. The quantitative estimate of drug-likeness (QED) is 0.611. The van der Waals surface area contributed by atoms with Crippen LogP contribution in [-0.4, -0.2) is 73.5 Å². The van der Waals surface area contributed by atoms with Crippen molar-refractivity contribution in [2.24, 2.45) is 5.92 Å². The minimum atomic E-state index is -0.175. The van der Waals surface area contributed by atoms with Crippen molar-refractivity contribution in [2.45, 2.75) is 39.2 Å². The maximum Gasteiger partial charge on any atom is 0.225 e. The number of amides is 2. The third-order valence-corrected chi connectivity index (χ3v) is 4.77. The Balaban J connectivity index is 0.00000264. The molecule has 0 bridgehead atoms. The van der Waals surface area contributed by atoms with Crippen LogP contribution in [0.2, 0.25) is 0 Å². The molecule has 0 aliphatic carbocycles. The van der Waals surface area contributed by atoms with Crippen LogP contribution in [-0.2, 0) is 9.59 Å². The third kappa shape index (κ3) is 6.39. The Bertz CT molecular complexity index is 398. The molecule has 2 rings (SSSR count). The summed E-state index contributed by atoms with van der Waals surface area (Å²) in [5.74, 6) is -0.0204. The lowest BCUT2D eigenvalue weighted by Crippen LogP contribution is -2.42. The van der Waals surface area contributed by atoms with Crippen molar-refractivity contribution in [3.8, 4) is 0 Å². The molecule has 0 spiro atoms. The lowest BCUT2D eigenvalue weighted by molar-refractivity contribution is -0.129. The maximum absolute atomic E-state index is 12.2. The fraction of sp³-hybridized carbons (Fsp3) is 0.875. The van der Waals surface area contributed by atoms with E-state index in [1.54, 1.807) is 0 Å². The van der Waals surface area contributed by atoms with Gasteiger partial charge in [0.05, 0.1) is 5.92 Å². The molecule has 2 N–H and O–H groups in total. The molecule has 2 saturated heterocycles. The zero-order chi connectivity index (χ0) is 15.9. The standard InChI is InChI=1S/C16H30N4O2.2ClH/c1-3-17-7-8-18-16(22)13-10-15(21)20(11-13)12-14-6-5-9-19(14)4-2;;/h13-14,17H,3-12H2,1-2H3,(H,18,22);2*1H. The molecule has 24 heavy (non-hydrogen) atoms. The predicted molar refractivity (Wildman–Crippen MR) is 101 cm³/mol. The molecule has 6 nitrogen and oxygen atoms in total. The average molecular weight is 383 g/mol. The van der Waals surface area contributed by atoms with E-state index in [0.717, 1.165) is 39.1 Å². The summed E-state index contributed by atoms with van der Waals surface area (Å²) >= 11 is 0. The first kappa shape index (κ1) is 23.4. The highest BCUT2D eigenvalue weighted by molar-refractivity contribution is 5.89. The van der Waals surface area contributed by atoms with E-state index < -0.39 is 0 Å². The summed E-state index contributed by atoms with van der Waals surface area (Å²) in [4.78, 5) is 28.6. The van der Waals surface area contributed by atoms with Gasteiger partial charge in [0.2, 0.25) is 11.8 Å². The highest BCUT2D eigenvalue weighted by atomic mass is 35.5. The highest BCUT2D eigenvalue weighted by Gasteiger charge is 2.36. The Kier molecular flexibility index (Phi) is 11.6. The Morgan fingerprint density at radius 1 is 1.25 bits per heavy atom. The SMILES string of the molecule is CCNCCNC(=O)C1CC(=O)N(CC2CCCN2CC)C1.Cl.Cl. The number of hydrogen-bond donors (Lipinski definition) is 2. The van der Waals surface area contributed by atoms with Crippen molar-refractivity contribution in [3.63, 3.8) is 0 Å². The fourth-order valence-electron chi connectivity index (χ4n) is 3.49. The molecule has 0 aromatic rings. The van der Waals surface area contributed by atoms with Gasteiger partial charge in [0.1, 0.15) is 0 Å². The number of nitrogens with one attached hydrogen (secondary N) is 2. The number of hydrogen-bond acceptors (Lipinski definition) is 4. The summed E-state index contributed by atoms with van der Waals surface area (Å²) in [7, 11) is 0. The van der Waals surface area contributed by atoms with Gasteiger partial charge in [-0.1, -0.05) is 13.8 Å². The van der Waals surface area contributed by atoms with E-state index in [4.69, 9.17) is 0 Å². The lowest BCUT2D eigenvalue weighted by atomic mass is 10.1. The summed E-state index contributed by atoms with van der Waals surface area (Å²) in [6, 6.07) is 0.476. The number of nitrogens with zero attached hydrogens (tertiary/aromatic N) is 2. The molecule has 2 atom stereocenters. The van der Waals surface area contributed by atoms with Crippen molar-refractivity contribution in [1.29, 1.82) is 0 Å². The summed E-state index contributed by atoms with van der Waals surface area (Å²) in [5, 5.41) is 6.10. The summed E-state index contributed by atoms with van der Waals surface area (Å²) in [6.45, 7) is 10.1. The van der Waals surface area contributed by atoms with E-state index in [0.29, 0.717) is 25.6 Å². The Morgan fingerprint density at radius 3 is 2.67 bits per heavy atom. The topological polar surface area (TPSA) is 64.7 Å². The van der Waals surface area contributed by atoms with E-state index in [1.807, 2.05) is 11.8 Å². The highest BCUT2D eigenvalue weighted by Crippen LogP contribution is 2.23. The van der Waals surface area contributed by atoms with Crippen molar-refractivity contribution in [3.05, 3.63) is 0 Å². The van der Waals surface area contributed by atoms with Crippen molar-refractivity contribution >= 4 is 36.6 Å². The average Bonchev–Trinajstić information content (AvgIpc) is 3.11. The van der Waals surface area contributed by atoms with E-state index >= 15 is 0 Å². The van der Waals surface area contributed by atoms with Gasteiger partial charge >= 0.3 is 0 Å². The molecule has 142 valence electrons. The predicted octanol–water partition coefficient (Wildman–Crippen LogP) is 0.888. The van der Waals surface area contributed by atoms with Crippen LogP contribution < -0.4 is 10.6 Å². The minimum absolute atomic E-state index is 0. The molecule has 2 amide bonds. The number of carbonyl (C=O) groups excluding carboxylic acids is 2. The smallest absolute Gasteiger partial charge is 0.225 e. The van der Waals surface area contributed by atoms with Crippen molar-refractivity contribution in [1.82, 2.24) is 20.4 Å². The van der Waals surface area contributed by atoms with E-state index in [2.05, 4.69) is 22.5 Å². The van der Waals surface area contributed by atoms with Gasteiger partial charge in [-0.2, -0.15) is 0 Å². The molecule has 2 fully saturated rings. The van der Waals surface area contributed by atoms with Crippen LogP contribution in [0.3, 0.4) is 0 Å². The molecule has 0 aromatic carbocycles. The number of carbonyl (C=O) groups is 2. The van der Waals surface area contributed by atoms with Crippen LogP contribution in [0.25, 0.3) is 0 Å². The second-order valence-corrected chi connectivity index (χ2v) is 6.27. The second-order valence-electron chi connectivity index (χ2n) is 6.27. The first-order valence-electron chi connectivity index (χ1n) is 8.66. The van der Waals surface area contributed by atoms with Gasteiger partial charge in [-0.15, -0.1) is 24.8 Å². The number of likely N-dealkylation sites (tertiary alicyclic amines) is 2. The molecule has 2 aliphatic heterocycles. The van der Waals surface area contributed by atoms with Gasteiger partial charge in [-0.05, 0) is 32.5 Å². The zero-order valence-electron chi connectivity index (χ0n) is 14.8. The van der Waals surface area contributed by atoms with Gasteiger partial charge in [0.25, 0.3) is 0 Å². The van der Waals surface area contributed by atoms with Crippen LogP contribution in [0, 0.1) is 5.92 Å². The van der Waals surface area contributed by atoms with Gasteiger partial charge in [-0.25, -0.2) is 0 Å². The summed E-state index contributed by atoms with van der Waals surface area (Å²) in [5.41, 5.74) is 0. The summed E-state index contributed by atoms with van der Waals surface area (Å²) < 4.78 is 0. The van der Waals surface area contributed by atoms with E-state index in [9.17, 15) is 9.59 Å². The molecule has 8 heteroatoms. The molecule has 0 saturated carbocycles. The first-order valence-corrected chi connectivity index (χ1v) is 8.66. The number of halogens is 2. The van der Waals surface area contributed by atoms with Crippen LogP contribution in [0.1, 0.15) is 33.1 Å². The van der Waals surface area contributed by atoms with Crippen molar-refractivity contribution in [2.75, 3.05) is 45.8 Å². The first-order chi connectivity index (χ1) is 10.7. The largest absolute Gasteiger partial charge is 0.355 e. The van der Waals surface area contributed by atoms with Gasteiger partial charge in [0.15, 0.2) is 0 Å².